The molecule has 0 aromatic rings. The minimum absolute atomic E-state index is 0.755. The topological polar surface area (TPSA) is 34.1 Å². The van der Waals surface area contributed by atoms with Gasteiger partial charge in [-0.05, 0) is 25.8 Å². The highest BCUT2D eigenvalue weighted by atomic mass is 15.3. The largest absolute Gasteiger partial charge is 0.355 e. The molecular formula is C18H37N5. The highest BCUT2D eigenvalue weighted by molar-refractivity contribution is 5.80. The number of hydrogen-bond donors (Lipinski definition) is 1. The summed E-state index contributed by atoms with van der Waals surface area (Å²) >= 11 is 0. The maximum atomic E-state index is 4.49. The van der Waals surface area contributed by atoms with Crippen LogP contribution in [0, 0.1) is 5.92 Å². The van der Waals surface area contributed by atoms with E-state index in [1.165, 1.54) is 32.2 Å². The first kappa shape index (κ1) is 18.5. The van der Waals surface area contributed by atoms with Crippen LogP contribution in [0.15, 0.2) is 4.99 Å². The highest BCUT2D eigenvalue weighted by Crippen LogP contribution is 2.21. The average Bonchev–Trinajstić information content (AvgIpc) is 3.06. The summed E-state index contributed by atoms with van der Waals surface area (Å²) in [5, 5.41) is 3.56. The number of rotatable bonds is 6. The SMILES string of the molecule is CN=C(NCCN(C)C1CCCC1)N1CCN(CC(C)C)CC1. The van der Waals surface area contributed by atoms with E-state index in [1.807, 2.05) is 7.05 Å². The van der Waals surface area contributed by atoms with E-state index in [-0.39, 0.29) is 0 Å². The molecule has 2 aliphatic rings. The van der Waals surface area contributed by atoms with Crippen LogP contribution in [0.1, 0.15) is 39.5 Å². The second-order valence-corrected chi connectivity index (χ2v) is 7.57. The lowest BCUT2D eigenvalue weighted by Crippen LogP contribution is -2.53. The number of nitrogens with zero attached hydrogens (tertiary/aromatic N) is 4. The Bertz CT molecular complexity index is 354. The van der Waals surface area contributed by atoms with Gasteiger partial charge in [-0.2, -0.15) is 0 Å². The normalized spacial score (nSPS) is 21.7. The van der Waals surface area contributed by atoms with Gasteiger partial charge in [-0.15, -0.1) is 0 Å². The Hall–Kier alpha value is -0.810. The molecule has 134 valence electrons. The summed E-state index contributed by atoms with van der Waals surface area (Å²) in [4.78, 5) is 12.0. The van der Waals surface area contributed by atoms with Crippen molar-refractivity contribution in [3.8, 4) is 0 Å². The predicted molar refractivity (Wildman–Crippen MR) is 99.1 cm³/mol. The smallest absolute Gasteiger partial charge is 0.193 e. The van der Waals surface area contributed by atoms with Gasteiger partial charge in [-0.25, -0.2) is 0 Å². The van der Waals surface area contributed by atoms with E-state index in [4.69, 9.17) is 0 Å². The standard InChI is InChI=1S/C18H37N5/c1-16(2)15-22-11-13-23(14-12-22)18(19-3)20-9-10-21(4)17-7-5-6-8-17/h16-17H,5-15H2,1-4H3,(H,19,20). The van der Waals surface area contributed by atoms with Crippen molar-refractivity contribution in [1.82, 2.24) is 20.0 Å². The third-order valence-corrected chi connectivity index (χ3v) is 5.20. The van der Waals surface area contributed by atoms with Crippen molar-refractivity contribution in [3.05, 3.63) is 0 Å². The number of aliphatic imine (C=N–C) groups is 1. The molecule has 2 rings (SSSR count). The second-order valence-electron chi connectivity index (χ2n) is 7.57. The molecule has 2 fully saturated rings. The van der Waals surface area contributed by atoms with Crippen LogP contribution in [0.3, 0.4) is 0 Å². The predicted octanol–water partition coefficient (Wildman–Crippen LogP) is 1.71. The zero-order valence-electron chi connectivity index (χ0n) is 15.7. The number of hydrogen-bond acceptors (Lipinski definition) is 3. The van der Waals surface area contributed by atoms with Gasteiger partial charge in [-0.1, -0.05) is 26.7 Å². The summed E-state index contributed by atoms with van der Waals surface area (Å²) in [6, 6.07) is 0.804. The quantitative estimate of drug-likeness (QED) is 0.596. The molecule has 5 nitrogen and oxygen atoms in total. The van der Waals surface area contributed by atoms with E-state index in [0.717, 1.165) is 57.2 Å². The molecule has 0 unspecified atom stereocenters. The van der Waals surface area contributed by atoms with Gasteiger partial charge in [0.15, 0.2) is 5.96 Å². The van der Waals surface area contributed by atoms with Crippen LogP contribution in [0.2, 0.25) is 0 Å². The molecule has 0 aromatic heterocycles. The Morgan fingerprint density at radius 3 is 2.39 bits per heavy atom. The van der Waals surface area contributed by atoms with E-state index in [2.05, 4.69) is 45.9 Å². The lowest BCUT2D eigenvalue weighted by atomic mass is 10.2. The monoisotopic (exact) mass is 323 g/mol. The zero-order valence-corrected chi connectivity index (χ0v) is 15.7. The molecule has 1 N–H and O–H groups in total. The molecular weight excluding hydrogens is 286 g/mol. The van der Waals surface area contributed by atoms with Crippen LogP contribution in [-0.2, 0) is 0 Å². The van der Waals surface area contributed by atoms with Gasteiger partial charge in [-0.3, -0.25) is 9.89 Å². The lowest BCUT2D eigenvalue weighted by molar-refractivity contribution is 0.163. The van der Waals surface area contributed by atoms with Crippen molar-refractivity contribution in [3.63, 3.8) is 0 Å². The molecule has 0 amide bonds. The van der Waals surface area contributed by atoms with Crippen LogP contribution >= 0.6 is 0 Å². The minimum atomic E-state index is 0.755. The third kappa shape index (κ3) is 5.96. The van der Waals surface area contributed by atoms with Crippen molar-refractivity contribution in [2.45, 2.75) is 45.6 Å². The Morgan fingerprint density at radius 2 is 1.83 bits per heavy atom. The highest BCUT2D eigenvalue weighted by Gasteiger charge is 2.21. The summed E-state index contributed by atoms with van der Waals surface area (Å²) in [6.45, 7) is 12.4. The van der Waals surface area contributed by atoms with Crippen molar-refractivity contribution in [1.29, 1.82) is 0 Å². The average molecular weight is 324 g/mol. The van der Waals surface area contributed by atoms with Crippen molar-refractivity contribution < 1.29 is 0 Å². The Labute approximate surface area is 143 Å². The summed E-state index contributed by atoms with van der Waals surface area (Å²) in [7, 11) is 4.18. The third-order valence-electron chi connectivity index (χ3n) is 5.20. The Balaban J connectivity index is 1.67. The molecule has 5 heteroatoms. The molecule has 0 radical (unpaired) electrons. The summed E-state index contributed by atoms with van der Waals surface area (Å²) in [5.74, 6) is 1.83. The molecule has 0 bridgehead atoms. The zero-order chi connectivity index (χ0) is 16.7. The molecule has 0 spiro atoms. The Morgan fingerprint density at radius 1 is 1.17 bits per heavy atom. The van der Waals surface area contributed by atoms with Crippen LogP contribution in [-0.4, -0.2) is 86.6 Å². The summed E-state index contributed by atoms with van der Waals surface area (Å²) < 4.78 is 0. The fourth-order valence-electron chi connectivity index (χ4n) is 3.86. The molecule has 1 saturated heterocycles. The van der Waals surface area contributed by atoms with Crippen molar-refractivity contribution in [2.24, 2.45) is 10.9 Å². The van der Waals surface area contributed by atoms with Crippen molar-refractivity contribution in [2.75, 3.05) is 59.9 Å². The molecule has 1 heterocycles. The fourth-order valence-corrected chi connectivity index (χ4v) is 3.86. The summed E-state index contributed by atoms with van der Waals surface area (Å²) in [6.07, 6.45) is 5.57. The molecule has 0 atom stereocenters. The first-order valence-corrected chi connectivity index (χ1v) is 9.48. The molecule has 1 aliphatic carbocycles. The lowest BCUT2D eigenvalue weighted by Gasteiger charge is -2.37. The maximum absolute atomic E-state index is 4.49. The number of nitrogens with one attached hydrogen (secondary N) is 1. The van der Waals surface area contributed by atoms with Gasteiger partial charge in [0.05, 0.1) is 0 Å². The Kier molecular flexibility index (Phi) is 7.63. The molecule has 0 aromatic carbocycles. The number of piperazine rings is 1. The summed E-state index contributed by atoms with van der Waals surface area (Å²) in [5.41, 5.74) is 0. The first-order chi connectivity index (χ1) is 11.1. The van der Waals surface area contributed by atoms with Gasteiger partial charge in [0.2, 0.25) is 0 Å². The molecule has 1 saturated carbocycles. The molecule has 1 aliphatic heterocycles. The van der Waals surface area contributed by atoms with E-state index in [1.54, 1.807) is 0 Å². The van der Waals surface area contributed by atoms with Crippen molar-refractivity contribution >= 4 is 5.96 Å². The van der Waals surface area contributed by atoms with E-state index in [0.29, 0.717) is 0 Å². The first-order valence-electron chi connectivity index (χ1n) is 9.48. The van der Waals surface area contributed by atoms with Gasteiger partial charge in [0.25, 0.3) is 0 Å². The van der Waals surface area contributed by atoms with Gasteiger partial charge < -0.3 is 15.1 Å². The van der Waals surface area contributed by atoms with E-state index in [9.17, 15) is 0 Å². The fraction of sp³-hybridized carbons (Fsp3) is 0.944. The maximum Gasteiger partial charge on any atom is 0.193 e. The minimum Gasteiger partial charge on any atom is -0.355 e. The van der Waals surface area contributed by atoms with E-state index >= 15 is 0 Å². The van der Waals surface area contributed by atoms with Gasteiger partial charge in [0.1, 0.15) is 0 Å². The van der Waals surface area contributed by atoms with Crippen LogP contribution in [0.25, 0.3) is 0 Å². The van der Waals surface area contributed by atoms with E-state index < -0.39 is 0 Å². The van der Waals surface area contributed by atoms with Gasteiger partial charge in [0, 0.05) is 58.9 Å². The van der Waals surface area contributed by atoms with Crippen LogP contribution in [0.5, 0.6) is 0 Å². The van der Waals surface area contributed by atoms with Gasteiger partial charge >= 0.3 is 0 Å². The second kappa shape index (κ2) is 9.48. The van der Waals surface area contributed by atoms with Crippen LogP contribution < -0.4 is 5.32 Å². The van der Waals surface area contributed by atoms with Crippen LogP contribution in [0.4, 0.5) is 0 Å². The number of guanidine groups is 1. The number of likely N-dealkylation sites (N-methyl/N-ethyl adjacent to an activating group) is 1. The molecule has 23 heavy (non-hydrogen) atoms.